The van der Waals surface area contributed by atoms with E-state index in [0.717, 1.165) is 5.56 Å². The van der Waals surface area contributed by atoms with Crippen molar-refractivity contribution in [2.45, 2.75) is 23.8 Å². The summed E-state index contributed by atoms with van der Waals surface area (Å²) in [4.78, 5) is 4.21. The van der Waals surface area contributed by atoms with Gasteiger partial charge in [-0.1, -0.05) is 42.1 Å². The summed E-state index contributed by atoms with van der Waals surface area (Å²) < 4.78 is 15.7. The largest absolute Gasteiger partial charge is 0.396 e. The third-order valence-corrected chi connectivity index (χ3v) is 3.97. The molecule has 1 aromatic carbocycles. The van der Waals surface area contributed by atoms with Gasteiger partial charge in [0, 0.05) is 12.2 Å². The van der Waals surface area contributed by atoms with Crippen molar-refractivity contribution >= 4 is 11.8 Å². The number of hydrogen-bond acceptors (Lipinski definition) is 4. The Morgan fingerprint density at radius 2 is 2.16 bits per heavy atom. The highest BCUT2D eigenvalue weighted by Crippen LogP contribution is 2.39. The van der Waals surface area contributed by atoms with Crippen LogP contribution >= 0.6 is 11.8 Å². The summed E-state index contributed by atoms with van der Waals surface area (Å²) in [5.74, 6) is 0.922. The molecule has 0 bridgehead atoms. The van der Waals surface area contributed by atoms with Gasteiger partial charge in [-0.05, 0) is 5.56 Å². The number of rotatable bonds is 4. The lowest BCUT2D eigenvalue weighted by molar-refractivity contribution is 0.322. The number of aliphatic hydroxyl groups excluding tert-OH is 1. The number of aliphatic hydroxyl groups is 1. The molecule has 2 aromatic rings. The molecule has 3 rings (SSSR count). The molecule has 19 heavy (non-hydrogen) atoms. The van der Waals surface area contributed by atoms with Crippen LogP contribution in [-0.4, -0.2) is 32.2 Å². The van der Waals surface area contributed by atoms with E-state index in [1.165, 1.54) is 11.8 Å². The van der Waals surface area contributed by atoms with Gasteiger partial charge in [-0.25, -0.2) is 14.1 Å². The van der Waals surface area contributed by atoms with E-state index in [1.54, 1.807) is 4.68 Å². The van der Waals surface area contributed by atoms with Crippen molar-refractivity contribution in [3.05, 3.63) is 41.7 Å². The molecule has 1 N–H and O–H groups in total. The van der Waals surface area contributed by atoms with E-state index in [1.807, 2.05) is 30.3 Å². The molecule has 1 aliphatic rings. The average Bonchev–Trinajstić information content (AvgIpc) is 2.98. The van der Waals surface area contributed by atoms with Crippen LogP contribution in [0.4, 0.5) is 4.39 Å². The third kappa shape index (κ3) is 2.37. The van der Waals surface area contributed by atoms with Crippen LogP contribution in [0.5, 0.6) is 0 Å². The smallest absolute Gasteiger partial charge is 0.208 e. The Bertz CT molecular complexity index is 560. The number of alkyl halides is 1. The fourth-order valence-corrected chi connectivity index (χ4v) is 2.89. The minimum Gasteiger partial charge on any atom is -0.396 e. The van der Waals surface area contributed by atoms with Crippen LogP contribution in [-0.2, 0) is 0 Å². The van der Waals surface area contributed by atoms with E-state index in [4.69, 9.17) is 5.11 Å². The number of nitrogens with zero attached hydrogens (tertiary/aromatic N) is 3. The molecule has 0 radical (unpaired) electrons. The highest BCUT2D eigenvalue weighted by Gasteiger charge is 2.35. The zero-order chi connectivity index (χ0) is 13.2. The summed E-state index contributed by atoms with van der Waals surface area (Å²) in [6.07, 6.45) is -0.675. The van der Waals surface area contributed by atoms with Crippen molar-refractivity contribution in [2.75, 3.05) is 12.4 Å². The second kappa shape index (κ2) is 5.30. The zero-order valence-electron chi connectivity index (χ0n) is 10.2. The summed E-state index contributed by atoms with van der Waals surface area (Å²) in [5, 5.41) is 13.7. The number of benzene rings is 1. The molecular formula is C13H14FN3OS. The zero-order valence-corrected chi connectivity index (χ0v) is 11.1. The number of thioether (sulfide) groups is 1. The molecule has 6 heteroatoms. The quantitative estimate of drug-likeness (QED) is 0.873. The lowest BCUT2D eigenvalue weighted by Gasteiger charge is -2.11. The van der Waals surface area contributed by atoms with E-state index < -0.39 is 6.17 Å². The molecule has 2 heterocycles. The second-order valence-electron chi connectivity index (χ2n) is 4.40. The topological polar surface area (TPSA) is 50.9 Å². The monoisotopic (exact) mass is 279 g/mol. The Labute approximate surface area is 114 Å². The van der Waals surface area contributed by atoms with Gasteiger partial charge in [0.15, 0.2) is 12.0 Å². The molecule has 0 saturated carbocycles. The third-order valence-electron chi connectivity index (χ3n) is 3.15. The Hall–Kier alpha value is -1.40. The van der Waals surface area contributed by atoms with Crippen LogP contribution in [0.25, 0.3) is 0 Å². The van der Waals surface area contributed by atoms with E-state index in [-0.39, 0.29) is 12.6 Å². The summed E-state index contributed by atoms with van der Waals surface area (Å²) in [5.41, 5.74) is 1.05. The van der Waals surface area contributed by atoms with Gasteiger partial charge >= 0.3 is 0 Å². The Balaban J connectivity index is 1.90. The minimum atomic E-state index is -1.07. The fraction of sp³-hybridized carbons (Fsp3) is 0.385. The molecule has 4 nitrogen and oxygen atoms in total. The van der Waals surface area contributed by atoms with Gasteiger partial charge in [-0.2, -0.15) is 0 Å². The molecule has 0 fully saturated rings. The van der Waals surface area contributed by atoms with Crippen molar-refractivity contribution < 1.29 is 9.50 Å². The maximum absolute atomic E-state index is 14.0. The normalized spacial score (nSPS) is 21.6. The van der Waals surface area contributed by atoms with E-state index >= 15 is 0 Å². The van der Waals surface area contributed by atoms with Gasteiger partial charge in [0.05, 0.1) is 12.6 Å². The van der Waals surface area contributed by atoms with Gasteiger partial charge in [0.1, 0.15) is 0 Å². The van der Waals surface area contributed by atoms with Gasteiger partial charge in [0.25, 0.3) is 0 Å². The SMILES string of the molecule is OCCSc1nc2n(n1)[C@H](c1ccccc1)C[C@@H]2F. The molecule has 0 saturated heterocycles. The first-order valence-corrected chi connectivity index (χ1v) is 7.17. The minimum absolute atomic E-state index is 0.0652. The molecule has 0 aliphatic carbocycles. The fourth-order valence-electron chi connectivity index (χ4n) is 2.31. The van der Waals surface area contributed by atoms with Gasteiger partial charge in [-0.3, -0.25) is 0 Å². The molecule has 2 atom stereocenters. The number of halogens is 1. The second-order valence-corrected chi connectivity index (χ2v) is 5.46. The number of hydrogen-bond donors (Lipinski definition) is 1. The van der Waals surface area contributed by atoms with E-state index in [9.17, 15) is 4.39 Å². The van der Waals surface area contributed by atoms with Crippen LogP contribution < -0.4 is 0 Å². The first-order valence-electron chi connectivity index (χ1n) is 6.18. The van der Waals surface area contributed by atoms with E-state index in [0.29, 0.717) is 23.2 Å². The maximum Gasteiger partial charge on any atom is 0.208 e. The molecule has 0 spiro atoms. The number of fused-ring (bicyclic) bond motifs is 1. The van der Waals surface area contributed by atoms with Crippen molar-refractivity contribution in [1.82, 2.24) is 14.8 Å². The molecule has 0 amide bonds. The van der Waals surface area contributed by atoms with Crippen molar-refractivity contribution in [2.24, 2.45) is 0 Å². The number of aromatic nitrogens is 3. The van der Waals surface area contributed by atoms with Crippen LogP contribution in [0.3, 0.4) is 0 Å². The summed E-state index contributed by atoms with van der Waals surface area (Å²) in [7, 11) is 0. The van der Waals surface area contributed by atoms with E-state index in [2.05, 4.69) is 10.1 Å². The van der Waals surface area contributed by atoms with Crippen LogP contribution in [0.2, 0.25) is 0 Å². The molecular weight excluding hydrogens is 265 g/mol. The van der Waals surface area contributed by atoms with Gasteiger partial charge in [0.2, 0.25) is 5.16 Å². The highest BCUT2D eigenvalue weighted by molar-refractivity contribution is 7.99. The Morgan fingerprint density at radius 3 is 2.89 bits per heavy atom. The Kier molecular flexibility index (Phi) is 3.52. The van der Waals surface area contributed by atoms with Crippen LogP contribution in [0.1, 0.15) is 30.0 Å². The van der Waals surface area contributed by atoms with Crippen molar-refractivity contribution in [3.8, 4) is 0 Å². The Morgan fingerprint density at radius 1 is 1.37 bits per heavy atom. The maximum atomic E-state index is 14.0. The summed E-state index contributed by atoms with van der Waals surface area (Å²) in [6.45, 7) is 0.0652. The standard InChI is InChI=1S/C13H14FN3OS/c14-10-8-11(9-4-2-1-3-5-9)17-12(10)15-13(16-17)19-7-6-18/h1-5,10-11,18H,6-8H2/t10-,11-/m0/s1. The van der Waals surface area contributed by atoms with Gasteiger partial charge < -0.3 is 5.11 Å². The predicted molar refractivity (Wildman–Crippen MR) is 70.9 cm³/mol. The summed E-state index contributed by atoms with van der Waals surface area (Å²) in [6, 6.07) is 9.71. The van der Waals surface area contributed by atoms with Crippen molar-refractivity contribution in [3.63, 3.8) is 0 Å². The summed E-state index contributed by atoms with van der Waals surface area (Å²) >= 11 is 1.34. The highest BCUT2D eigenvalue weighted by atomic mass is 32.2. The van der Waals surface area contributed by atoms with Crippen LogP contribution in [0.15, 0.2) is 35.5 Å². The first-order chi connectivity index (χ1) is 9.29. The van der Waals surface area contributed by atoms with Crippen LogP contribution in [0, 0.1) is 0 Å². The molecule has 0 unspecified atom stereocenters. The first kappa shape index (κ1) is 12.6. The lowest BCUT2D eigenvalue weighted by Crippen LogP contribution is -2.07. The van der Waals surface area contributed by atoms with Crippen molar-refractivity contribution in [1.29, 1.82) is 0 Å². The molecule has 1 aliphatic heterocycles. The molecule has 1 aromatic heterocycles. The average molecular weight is 279 g/mol. The van der Waals surface area contributed by atoms with Gasteiger partial charge in [-0.15, -0.1) is 5.10 Å². The predicted octanol–water partition coefficient (Wildman–Crippen LogP) is 2.37. The lowest BCUT2D eigenvalue weighted by atomic mass is 10.0. The molecule has 100 valence electrons.